The molecule has 48 heavy (non-hydrogen) atoms. The van der Waals surface area contributed by atoms with Crippen LogP contribution in [0, 0.1) is 0 Å². The highest BCUT2D eigenvalue weighted by Gasteiger charge is 2.47. The minimum Gasteiger partial charge on any atom is -0.479 e. The molecule has 6 rings (SSSR count). The van der Waals surface area contributed by atoms with Crippen LogP contribution < -0.4 is 20.1 Å². The quantitative estimate of drug-likeness (QED) is 0.0976. The van der Waals surface area contributed by atoms with Crippen LogP contribution in [-0.4, -0.2) is 67.5 Å². The van der Waals surface area contributed by atoms with Crippen molar-refractivity contribution in [2.24, 2.45) is 0 Å². The first kappa shape index (κ1) is 33.7. The normalized spacial score (nSPS) is 22.7. The maximum atomic E-state index is 14.5. The first-order chi connectivity index (χ1) is 23.0. The summed E-state index contributed by atoms with van der Waals surface area (Å²) in [6.45, 7) is 4.80. The molecule has 15 heteroatoms. The number of aliphatic hydroxyl groups excluding tert-OH is 1. The van der Waals surface area contributed by atoms with E-state index in [1.165, 1.54) is 13.4 Å². The molecule has 1 aliphatic rings. The SMILES string of the molecule is COc1nc(N)nc2c1ncn2C1O[C@H](COP(=O)(N[C@@H](C)C(O)O[C@@H](C)c2ccccc2)Oc2cccc3ccccc23)C[C@@]1(C)O. The standard InChI is InChI=1S/C33H39N6O8P/c1-20(30(40)45-21(2)22-11-6-5-7-12-22)38-48(42,47-26-16-10-14-23-13-8-9-15-25(23)26)44-18-24-17-33(3,41)31(46-24)39-19-35-27-28(39)36-32(34)37-29(27)43-4/h5-16,19-21,24,30-31,40-41H,17-18H2,1-4H3,(H,38,42)(H2,34,36,37)/t20-,21-,24-,30?,31?,33+,48?/m0/s1. The van der Waals surface area contributed by atoms with E-state index in [0.717, 1.165) is 16.3 Å². The largest absolute Gasteiger partial charge is 0.479 e. The molecule has 0 amide bonds. The van der Waals surface area contributed by atoms with E-state index in [-0.39, 0.29) is 24.9 Å². The third kappa shape index (κ3) is 7.15. The van der Waals surface area contributed by atoms with Crippen molar-refractivity contribution < 1.29 is 38.0 Å². The highest BCUT2D eigenvalue weighted by molar-refractivity contribution is 7.52. The van der Waals surface area contributed by atoms with E-state index in [0.29, 0.717) is 16.9 Å². The van der Waals surface area contributed by atoms with Crippen molar-refractivity contribution in [3.63, 3.8) is 0 Å². The second-order valence-electron chi connectivity index (χ2n) is 11.9. The number of nitrogens with two attached hydrogens (primary N) is 1. The summed E-state index contributed by atoms with van der Waals surface area (Å²) in [5.74, 6) is 0.469. The molecular weight excluding hydrogens is 639 g/mol. The monoisotopic (exact) mass is 678 g/mol. The van der Waals surface area contributed by atoms with Crippen molar-refractivity contribution >= 4 is 35.6 Å². The Morgan fingerprint density at radius 1 is 1.10 bits per heavy atom. The molecule has 0 radical (unpaired) electrons. The van der Waals surface area contributed by atoms with E-state index < -0.39 is 44.1 Å². The predicted octanol–water partition coefficient (Wildman–Crippen LogP) is 4.89. The van der Waals surface area contributed by atoms with Gasteiger partial charge in [0.05, 0.1) is 38.3 Å². The van der Waals surface area contributed by atoms with E-state index in [1.54, 1.807) is 30.5 Å². The van der Waals surface area contributed by atoms with Gasteiger partial charge in [-0.2, -0.15) is 9.97 Å². The summed E-state index contributed by atoms with van der Waals surface area (Å²) >= 11 is 0. The van der Waals surface area contributed by atoms with Crippen LogP contribution in [0.5, 0.6) is 11.6 Å². The van der Waals surface area contributed by atoms with Crippen molar-refractivity contribution in [3.8, 4) is 11.6 Å². The number of fused-ring (bicyclic) bond motifs is 2. The highest BCUT2D eigenvalue weighted by atomic mass is 31.2. The van der Waals surface area contributed by atoms with Crippen LogP contribution in [-0.2, 0) is 18.6 Å². The van der Waals surface area contributed by atoms with Gasteiger partial charge in [-0.05, 0) is 37.8 Å². The Bertz CT molecular complexity index is 1920. The number of imidazole rings is 1. The maximum Gasteiger partial charge on any atom is 0.459 e. The molecule has 7 atom stereocenters. The maximum absolute atomic E-state index is 14.5. The molecule has 5 N–H and O–H groups in total. The van der Waals surface area contributed by atoms with Crippen LogP contribution >= 0.6 is 7.75 Å². The van der Waals surface area contributed by atoms with Gasteiger partial charge in [-0.15, -0.1) is 0 Å². The average Bonchev–Trinajstić information content (AvgIpc) is 3.62. The van der Waals surface area contributed by atoms with Gasteiger partial charge in [0, 0.05) is 11.8 Å². The molecule has 5 aromatic rings. The van der Waals surface area contributed by atoms with Crippen molar-refractivity contribution in [1.29, 1.82) is 0 Å². The van der Waals surface area contributed by atoms with Gasteiger partial charge < -0.3 is 34.7 Å². The fourth-order valence-corrected chi connectivity index (χ4v) is 7.33. The molecule has 0 saturated carbocycles. The number of nitrogen functional groups attached to an aromatic ring is 1. The lowest BCUT2D eigenvalue weighted by molar-refractivity contribution is -0.145. The molecule has 3 heterocycles. The van der Waals surface area contributed by atoms with E-state index in [9.17, 15) is 14.8 Å². The lowest BCUT2D eigenvalue weighted by atomic mass is 10.0. The first-order valence-corrected chi connectivity index (χ1v) is 17.0. The molecule has 0 spiro atoms. The number of hydrogen-bond acceptors (Lipinski definition) is 12. The molecule has 1 aliphatic heterocycles. The highest BCUT2D eigenvalue weighted by Crippen LogP contribution is 2.49. The summed E-state index contributed by atoms with van der Waals surface area (Å²) in [7, 11) is -2.78. The molecule has 254 valence electrons. The van der Waals surface area contributed by atoms with Crippen molar-refractivity contribution in [3.05, 3.63) is 84.7 Å². The molecule has 0 bridgehead atoms. The fourth-order valence-electron chi connectivity index (χ4n) is 5.74. The fraction of sp³-hybridized carbons (Fsp3) is 0.364. The van der Waals surface area contributed by atoms with E-state index in [4.69, 9.17) is 29.0 Å². The number of methoxy groups -OCH3 is 1. The minimum absolute atomic E-state index is 0.0327. The molecule has 1 fully saturated rings. The average molecular weight is 679 g/mol. The molecule has 3 aromatic carbocycles. The van der Waals surface area contributed by atoms with E-state index in [1.807, 2.05) is 67.6 Å². The summed E-state index contributed by atoms with van der Waals surface area (Å²) in [4.78, 5) is 12.7. The Balaban J connectivity index is 1.22. The number of nitrogens with one attached hydrogen (secondary N) is 1. The van der Waals surface area contributed by atoms with E-state index >= 15 is 0 Å². The van der Waals surface area contributed by atoms with E-state index in [2.05, 4.69) is 20.0 Å². The van der Waals surface area contributed by atoms with Gasteiger partial charge in [0.15, 0.2) is 23.7 Å². The third-order valence-corrected chi connectivity index (χ3v) is 9.80. The molecule has 3 unspecified atom stereocenters. The lowest BCUT2D eigenvalue weighted by Crippen LogP contribution is -2.39. The van der Waals surface area contributed by atoms with Crippen LogP contribution in [0.2, 0.25) is 0 Å². The zero-order valence-corrected chi connectivity index (χ0v) is 27.9. The molecule has 0 aliphatic carbocycles. The molecule has 2 aromatic heterocycles. The van der Waals surface area contributed by atoms with Gasteiger partial charge >= 0.3 is 7.75 Å². The first-order valence-electron chi connectivity index (χ1n) is 15.5. The Hall–Kier alpha value is -4.14. The Labute approximate surface area is 277 Å². The van der Waals surface area contributed by atoms with Crippen molar-refractivity contribution in [2.75, 3.05) is 19.5 Å². The summed E-state index contributed by atoms with van der Waals surface area (Å²) in [5, 5.41) is 26.8. The van der Waals surface area contributed by atoms with Gasteiger partial charge in [-0.1, -0.05) is 66.7 Å². The number of ether oxygens (including phenoxy) is 3. The molecule has 1 saturated heterocycles. The molecule has 14 nitrogen and oxygen atoms in total. The van der Waals surface area contributed by atoms with Crippen LogP contribution in [0.25, 0.3) is 21.9 Å². The van der Waals surface area contributed by atoms with Gasteiger partial charge in [0.1, 0.15) is 11.4 Å². The van der Waals surface area contributed by atoms with Crippen LogP contribution in [0.3, 0.4) is 0 Å². The predicted molar refractivity (Wildman–Crippen MR) is 178 cm³/mol. The van der Waals surface area contributed by atoms with Crippen LogP contribution in [0.1, 0.15) is 45.1 Å². The Kier molecular flexibility index (Phi) is 9.68. The number of aromatic nitrogens is 4. The second-order valence-corrected chi connectivity index (χ2v) is 13.6. The summed E-state index contributed by atoms with van der Waals surface area (Å²) in [6, 6.07) is 21.4. The number of hydrogen-bond donors (Lipinski definition) is 4. The number of nitrogens with zero attached hydrogens (tertiary/aromatic N) is 4. The number of benzene rings is 3. The summed E-state index contributed by atoms with van der Waals surface area (Å²) < 4.78 is 45.6. The zero-order chi connectivity index (χ0) is 34.1. The van der Waals surface area contributed by atoms with Gasteiger partial charge in [-0.25, -0.2) is 14.6 Å². The topological polar surface area (TPSA) is 185 Å². The smallest absolute Gasteiger partial charge is 0.459 e. The van der Waals surface area contributed by atoms with Crippen molar-refractivity contribution in [2.45, 2.75) is 63.6 Å². The second kappa shape index (κ2) is 13.8. The van der Waals surface area contributed by atoms with Crippen molar-refractivity contribution in [1.82, 2.24) is 24.6 Å². The summed E-state index contributed by atoms with van der Waals surface area (Å²) in [6.07, 6.45) is -1.93. The number of aliphatic hydroxyl groups is 2. The van der Waals surface area contributed by atoms with Gasteiger partial charge in [0.25, 0.3) is 0 Å². The Morgan fingerprint density at radius 2 is 1.83 bits per heavy atom. The van der Waals surface area contributed by atoms with Gasteiger partial charge in [0.2, 0.25) is 11.8 Å². The van der Waals surface area contributed by atoms with Crippen LogP contribution in [0.15, 0.2) is 79.1 Å². The minimum atomic E-state index is -4.23. The Morgan fingerprint density at radius 3 is 2.60 bits per heavy atom. The number of anilines is 1. The summed E-state index contributed by atoms with van der Waals surface area (Å²) in [5.41, 5.74) is 6.00. The third-order valence-electron chi connectivity index (χ3n) is 8.15. The zero-order valence-electron chi connectivity index (χ0n) is 27.0. The lowest BCUT2D eigenvalue weighted by Gasteiger charge is -2.28. The number of rotatable bonds is 13. The van der Waals surface area contributed by atoms with Crippen LogP contribution in [0.4, 0.5) is 5.95 Å². The van der Waals surface area contributed by atoms with Gasteiger partial charge in [-0.3, -0.25) is 9.09 Å². The molecular formula is C33H39N6O8P.